The highest BCUT2D eigenvalue weighted by molar-refractivity contribution is 7.91. The third-order valence-corrected chi connectivity index (χ3v) is 6.15. The van der Waals surface area contributed by atoms with Crippen molar-refractivity contribution < 1.29 is 31.8 Å². The van der Waals surface area contributed by atoms with Gasteiger partial charge in [-0.25, -0.2) is 22.0 Å². The van der Waals surface area contributed by atoms with Gasteiger partial charge in [0.25, 0.3) is 5.92 Å². The molecule has 0 bridgehead atoms. The van der Waals surface area contributed by atoms with Crippen LogP contribution >= 0.6 is 11.6 Å². The number of halogens is 3. The minimum absolute atomic E-state index is 0.00194. The molecule has 0 aliphatic carbocycles. The first kappa shape index (κ1) is 22.1. The van der Waals surface area contributed by atoms with Gasteiger partial charge in [0, 0.05) is 28.6 Å². The molecular formula is C19H19ClF2O5S. The van der Waals surface area contributed by atoms with E-state index in [4.69, 9.17) is 21.4 Å². The first-order valence-electron chi connectivity index (χ1n) is 8.31. The molecule has 28 heavy (non-hydrogen) atoms. The van der Waals surface area contributed by atoms with Crippen molar-refractivity contribution in [2.75, 3.05) is 5.75 Å². The lowest BCUT2D eigenvalue weighted by molar-refractivity contribution is -0.144. The van der Waals surface area contributed by atoms with Gasteiger partial charge >= 0.3 is 5.97 Å². The molecule has 9 heteroatoms. The Labute approximate surface area is 166 Å². The summed E-state index contributed by atoms with van der Waals surface area (Å²) in [5, 5.41) is 9.07. The second-order valence-electron chi connectivity index (χ2n) is 6.24. The number of aliphatic carboxylic acids is 1. The van der Waals surface area contributed by atoms with Gasteiger partial charge in [0.05, 0.1) is 10.6 Å². The van der Waals surface area contributed by atoms with Crippen molar-refractivity contribution in [2.24, 2.45) is 0 Å². The van der Waals surface area contributed by atoms with E-state index in [0.29, 0.717) is 0 Å². The molecule has 0 fully saturated rings. The van der Waals surface area contributed by atoms with Crippen LogP contribution in [0.3, 0.4) is 0 Å². The van der Waals surface area contributed by atoms with Crippen LogP contribution in [0.4, 0.5) is 8.78 Å². The molecular weight excluding hydrogens is 414 g/mol. The summed E-state index contributed by atoms with van der Waals surface area (Å²) in [6.07, 6.45) is -1.23. The van der Waals surface area contributed by atoms with E-state index < -0.39 is 27.8 Å². The molecule has 2 rings (SSSR count). The Kier molecular flexibility index (Phi) is 6.35. The van der Waals surface area contributed by atoms with Crippen LogP contribution in [0.25, 0.3) is 11.1 Å². The van der Waals surface area contributed by atoms with E-state index in [1.807, 2.05) is 0 Å². The number of sulfone groups is 1. The van der Waals surface area contributed by atoms with Gasteiger partial charge in [0.2, 0.25) is 0 Å². The number of carboxylic acids is 1. The Morgan fingerprint density at radius 3 is 2.36 bits per heavy atom. The summed E-state index contributed by atoms with van der Waals surface area (Å²) in [5.41, 5.74) is 0.0622. The van der Waals surface area contributed by atoms with Gasteiger partial charge in [-0.1, -0.05) is 24.6 Å². The van der Waals surface area contributed by atoms with Crippen LogP contribution in [-0.4, -0.2) is 31.4 Å². The van der Waals surface area contributed by atoms with Crippen LogP contribution in [0, 0.1) is 0 Å². The standard InChI is InChI=1S/C19H19ClF2O5S/c1-4-28(25,26)13-6-7-14(16(20)10-13)15-9-12(19(3,21)22)5-8-17(15)27-11(2)18(23)24/h5-11H,4H2,1-3H3,(H,23,24)/t11-/m0/s1. The molecule has 5 nitrogen and oxygen atoms in total. The maximum absolute atomic E-state index is 13.8. The first-order valence-corrected chi connectivity index (χ1v) is 10.3. The second-order valence-corrected chi connectivity index (χ2v) is 8.93. The number of ether oxygens (including phenoxy) is 1. The van der Waals surface area contributed by atoms with Gasteiger partial charge < -0.3 is 9.84 Å². The summed E-state index contributed by atoms with van der Waals surface area (Å²) in [5.74, 6) is -4.46. The molecule has 0 aliphatic rings. The highest BCUT2D eigenvalue weighted by Gasteiger charge is 2.27. The van der Waals surface area contributed by atoms with E-state index >= 15 is 0 Å². The lowest BCUT2D eigenvalue weighted by Crippen LogP contribution is -2.23. The molecule has 0 spiro atoms. The zero-order chi connectivity index (χ0) is 21.3. The average molecular weight is 433 g/mol. The Morgan fingerprint density at radius 2 is 1.86 bits per heavy atom. The van der Waals surface area contributed by atoms with Crippen LogP contribution in [0.1, 0.15) is 26.3 Å². The summed E-state index contributed by atoms with van der Waals surface area (Å²) in [6.45, 7) is 3.52. The van der Waals surface area contributed by atoms with Gasteiger partial charge in [-0.05, 0) is 37.3 Å². The minimum atomic E-state index is -3.50. The van der Waals surface area contributed by atoms with Gasteiger partial charge in [-0.2, -0.15) is 0 Å². The van der Waals surface area contributed by atoms with Crippen LogP contribution < -0.4 is 4.74 Å². The number of hydrogen-bond donors (Lipinski definition) is 1. The summed E-state index contributed by atoms with van der Waals surface area (Å²) in [6, 6.07) is 7.47. The number of hydrogen-bond acceptors (Lipinski definition) is 4. The highest BCUT2D eigenvalue weighted by atomic mass is 35.5. The van der Waals surface area contributed by atoms with Crippen molar-refractivity contribution >= 4 is 27.4 Å². The molecule has 2 aromatic rings. The fourth-order valence-electron chi connectivity index (χ4n) is 2.43. The molecule has 0 amide bonds. The zero-order valence-corrected chi connectivity index (χ0v) is 16.9. The molecule has 1 atom stereocenters. The van der Waals surface area contributed by atoms with Crippen molar-refractivity contribution in [3.05, 3.63) is 47.0 Å². The van der Waals surface area contributed by atoms with Crippen LogP contribution in [0.15, 0.2) is 41.3 Å². The van der Waals surface area contributed by atoms with E-state index in [2.05, 4.69) is 0 Å². The molecule has 0 aromatic heterocycles. The second kappa shape index (κ2) is 8.05. The van der Waals surface area contributed by atoms with Gasteiger partial charge in [-0.15, -0.1) is 0 Å². The monoisotopic (exact) mass is 432 g/mol. The Bertz CT molecular complexity index is 1000. The normalized spacial score (nSPS) is 13.2. The Morgan fingerprint density at radius 1 is 1.21 bits per heavy atom. The summed E-state index contributed by atoms with van der Waals surface area (Å²) in [7, 11) is -3.50. The third kappa shape index (κ3) is 4.80. The fourth-order valence-corrected chi connectivity index (χ4v) is 3.68. The molecule has 0 heterocycles. The molecule has 0 saturated carbocycles. The number of rotatable bonds is 7. The predicted octanol–water partition coefficient (Wildman–Crippen LogP) is 4.76. The number of alkyl halides is 2. The average Bonchev–Trinajstić information content (AvgIpc) is 2.61. The predicted molar refractivity (Wildman–Crippen MR) is 102 cm³/mol. The van der Waals surface area contributed by atoms with Crippen molar-refractivity contribution in [2.45, 2.75) is 37.7 Å². The number of carbonyl (C=O) groups is 1. The van der Waals surface area contributed by atoms with Crippen LogP contribution in [0.2, 0.25) is 5.02 Å². The van der Waals surface area contributed by atoms with Crippen LogP contribution in [-0.2, 0) is 20.6 Å². The zero-order valence-electron chi connectivity index (χ0n) is 15.4. The molecule has 152 valence electrons. The smallest absolute Gasteiger partial charge is 0.344 e. The molecule has 0 radical (unpaired) electrons. The van der Waals surface area contributed by atoms with Crippen molar-refractivity contribution in [1.82, 2.24) is 0 Å². The lowest BCUT2D eigenvalue weighted by Gasteiger charge is -2.19. The maximum Gasteiger partial charge on any atom is 0.344 e. The van der Waals surface area contributed by atoms with E-state index in [0.717, 1.165) is 19.1 Å². The van der Waals surface area contributed by atoms with E-state index in [-0.39, 0.29) is 38.1 Å². The van der Waals surface area contributed by atoms with Crippen LogP contribution in [0.5, 0.6) is 5.75 Å². The first-order chi connectivity index (χ1) is 12.9. The van der Waals surface area contributed by atoms with E-state index in [1.165, 1.54) is 38.1 Å². The SMILES string of the molecule is CCS(=O)(=O)c1ccc(-c2cc(C(C)(F)F)ccc2O[C@@H](C)C(=O)O)c(Cl)c1. The number of benzene rings is 2. The van der Waals surface area contributed by atoms with E-state index in [9.17, 15) is 22.0 Å². The van der Waals surface area contributed by atoms with Crippen molar-refractivity contribution in [3.63, 3.8) is 0 Å². The summed E-state index contributed by atoms with van der Waals surface area (Å²) >= 11 is 6.24. The van der Waals surface area contributed by atoms with Gasteiger partial charge in [0.15, 0.2) is 15.9 Å². The molecule has 0 unspecified atom stereocenters. The quantitative estimate of drug-likeness (QED) is 0.682. The molecule has 1 N–H and O–H groups in total. The Balaban J connectivity index is 2.65. The molecule has 0 saturated heterocycles. The summed E-state index contributed by atoms with van der Waals surface area (Å²) < 4.78 is 57.0. The van der Waals surface area contributed by atoms with E-state index in [1.54, 1.807) is 0 Å². The largest absolute Gasteiger partial charge is 0.479 e. The Hall–Kier alpha value is -2.19. The molecule has 0 aliphatic heterocycles. The minimum Gasteiger partial charge on any atom is -0.479 e. The topological polar surface area (TPSA) is 80.7 Å². The fraction of sp³-hybridized carbons (Fsp3) is 0.316. The lowest BCUT2D eigenvalue weighted by atomic mass is 9.99. The summed E-state index contributed by atoms with van der Waals surface area (Å²) in [4.78, 5) is 11.1. The van der Waals surface area contributed by atoms with Gasteiger partial charge in [0.1, 0.15) is 5.75 Å². The molecule has 2 aromatic carbocycles. The van der Waals surface area contributed by atoms with Gasteiger partial charge in [-0.3, -0.25) is 0 Å². The number of carboxylic acid groups (broad SMARTS) is 1. The van der Waals surface area contributed by atoms with Crippen molar-refractivity contribution in [1.29, 1.82) is 0 Å². The maximum atomic E-state index is 13.8. The highest BCUT2D eigenvalue weighted by Crippen LogP contribution is 2.40. The van der Waals surface area contributed by atoms with Crippen molar-refractivity contribution in [3.8, 4) is 16.9 Å². The third-order valence-electron chi connectivity index (χ3n) is 4.11.